The maximum absolute atomic E-state index is 11.1. The third kappa shape index (κ3) is 2.84. The van der Waals surface area contributed by atoms with Gasteiger partial charge in [-0.25, -0.2) is 4.98 Å². The SMILES string of the molecule is Cc1cc(C)c2ccc(C=Cc3ccccc3[N+](=O)[O-])nc2c1O. The van der Waals surface area contributed by atoms with Crippen LogP contribution in [-0.2, 0) is 0 Å². The third-order valence-electron chi connectivity index (χ3n) is 3.94. The molecule has 0 spiro atoms. The normalized spacial score (nSPS) is 11.2. The lowest BCUT2D eigenvalue weighted by Crippen LogP contribution is -1.91. The first-order valence-electron chi connectivity index (χ1n) is 7.49. The predicted octanol–water partition coefficient (Wildman–Crippen LogP) is 4.64. The minimum atomic E-state index is -0.411. The van der Waals surface area contributed by atoms with Crippen LogP contribution >= 0.6 is 0 Å². The highest BCUT2D eigenvalue weighted by Gasteiger charge is 2.10. The number of para-hydroxylation sites is 1. The van der Waals surface area contributed by atoms with Crippen LogP contribution in [0.15, 0.2) is 42.5 Å². The van der Waals surface area contributed by atoms with Gasteiger partial charge in [-0.2, -0.15) is 0 Å². The molecule has 120 valence electrons. The first-order chi connectivity index (χ1) is 11.5. The van der Waals surface area contributed by atoms with E-state index < -0.39 is 4.92 Å². The Bertz CT molecular complexity index is 978. The molecule has 0 bridgehead atoms. The molecule has 24 heavy (non-hydrogen) atoms. The highest BCUT2D eigenvalue weighted by molar-refractivity contribution is 5.89. The highest BCUT2D eigenvalue weighted by Crippen LogP contribution is 2.30. The topological polar surface area (TPSA) is 76.3 Å². The van der Waals surface area contributed by atoms with E-state index in [1.807, 2.05) is 32.0 Å². The molecule has 5 heteroatoms. The van der Waals surface area contributed by atoms with E-state index >= 15 is 0 Å². The number of aromatic nitrogens is 1. The van der Waals surface area contributed by atoms with Crippen molar-refractivity contribution in [3.63, 3.8) is 0 Å². The molecule has 0 saturated heterocycles. The van der Waals surface area contributed by atoms with Gasteiger partial charge >= 0.3 is 0 Å². The molecule has 0 fully saturated rings. The van der Waals surface area contributed by atoms with Gasteiger partial charge in [0, 0.05) is 11.5 Å². The van der Waals surface area contributed by atoms with E-state index in [0.29, 0.717) is 16.8 Å². The van der Waals surface area contributed by atoms with E-state index in [2.05, 4.69) is 4.98 Å². The van der Waals surface area contributed by atoms with Gasteiger partial charge in [-0.15, -0.1) is 0 Å². The Morgan fingerprint density at radius 3 is 2.58 bits per heavy atom. The molecule has 1 heterocycles. The van der Waals surface area contributed by atoms with Gasteiger partial charge < -0.3 is 5.11 Å². The summed E-state index contributed by atoms with van der Waals surface area (Å²) in [6, 6.07) is 12.2. The average Bonchev–Trinajstić information content (AvgIpc) is 2.58. The molecule has 0 saturated carbocycles. The Morgan fingerprint density at radius 1 is 1.08 bits per heavy atom. The average molecular weight is 320 g/mol. The zero-order valence-electron chi connectivity index (χ0n) is 13.4. The van der Waals surface area contributed by atoms with Gasteiger partial charge in [-0.3, -0.25) is 10.1 Å². The summed E-state index contributed by atoms with van der Waals surface area (Å²) in [4.78, 5) is 15.1. The summed E-state index contributed by atoms with van der Waals surface area (Å²) < 4.78 is 0. The van der Waals surface area contributed by atoms with Crippen molar-refractivity contribution in [3.8, 4) is 5.75 Å². The van der Waals surface area contributed by atoms with Crippen molar-refractivity contribution in [2.45, 2.75) is 13.8 Å². The monoisotopic (exact) mass is 320 g/mol. The van der Waals surface area contributed by atoms with Crippen molar-refractivity contribution >= 4 is 28.7 Å². The maximum Gasteiger partial charge on any atom is 0.276 e. The van der Waals surface area contributed by atoms with Crippen LogP contribution in [0, 0.1) is 24.0 Å². The van der Waals surface area contributed by atoms with Crippen LogP contribution in [0.5, 0.6) is 5.75 Å². The molecule has 0 aliphatic carbocycles. The van der Waals surface area contributed by atoms with Gasteiger partial charge in [-0.1, -0.05) is 24.3 Å². The summed E-state index contributed by atoms with van der Waals surface area (Å²) in [5.74, 6) is 0.163. The molecule has 3 aromatic rings. The van der Waals surface area contributed by atoms with Gasteiger partial charge in [-0.05, 0) is 49.3 Å². The summed E-state index contributed by atoms with van der Waals surface area (Å²) in [5.41, 5.74) is 3.53. The number of rotatable bonds is 3. The first kappa shape index (κ1) is 15.7. The van der Waals surface area contributed by atoms with Gasteiger partial charge in [0.2, 0.25) is 0 Å². The predicted molar refractivity (Wildman–Crippen MR) is 94.9 cm³/mol. The third-order valence-corrected chi connectivity index (χ3v) is 3.94. The van der Waals surface area contributed by atoms with Gasteiger partial charge in [0.05, 0.1) is 16.2 Å². The molecule has 0 aliphatic rings. The van der Waals surface area contributed by atoms with Crippen LogP contribution in [0.1, 0.15) is 22.4 Å². The van der Waals surface area contributed by atoms with Crippen LogP contribution in [0.4, 0.5) is 5.69 Å². The van der Waals surface area contributed by atoms with Gasteiger partial charge in [0.25, 0.3) is 5.69 Å². The largest absolute Gasteiger partial charge is 0.505 e. The van der Waals surface area contributed by atoms with E-state index in [1.165, 1.54) is 6.07 Å². The first-order valence-corrected chi connectivity index (χ1v) is 7.49. The van der Waals surface area contributed by atoms with E-state index in [1.54, 1.807) is 30.4 Å². The van der Waals surface area contributed by atoms with Gasteiger partial charge in [0.15, 0.2) is 0 Å². The number of benzene rings is 2. The fourth-order valence-electron chi connectivity index (χ4n) is 2.69. The molecule has 0 aliphatic heterocycles. The standard InChI is InChI=1S/C19H16N2O3/c1-12-11-13(2)19(22)18-16(12)10-9-15(20-18)8-7-14-5-3-4-6-17(14)21(23)24/h3-11,22H,1-2H3. The number of nitrogens with zero attached hydrogens (tertiary/aromatic N) is 2. The number of hydrogen-bond acceptors (Lipinski definition) is 4. The van der Waals surface area contributed by atoms with Crippen molar-refractivity contribution in [1.29, 1.82) is 0 Å². The smallest absolute Gasteiger partial charge is 0.276 e. The van der Waals surface area contributed by atoms with Crippen LogP contribution in [-0.4, -0.2) is 15.0 Å². The van der Waals surface area contributed by atoms with Crippen molar-refractivity contribution in [2.24, 2.45) is 0 Å². The maximum atomic E-state index is 11.1. The summed E-state index contributed by atoms with van der Waals surface area (Å²) in [6.07, 6.45) is 3.37. The van der Waals surface area contributed by atoms with Crippen molar-refractivity contribution < 1.29 is 10.0 Å². The van der Waals surface area contributed by atoms with E-state index in [9.17, 15) is 15.2 Å². The van der Waals surface area contributed by atoms with E-state index in [4.69, 9.17) is 0 Å². The second kappa shape index (κ2) is 6.12. The van der Waals surface area contributed by atoms with Crippen molar-refractivity contribution in [1.82, 2.24) is 4.98 Å². The second-order valence-corrected chi connectivity index (χ2v) is 5.64. The fraction of sp³-hybridized carbons (Fsp3) is 0.105. The number of pyridine rings is 1. The van der Waals surface area contributed by atoms with Crippen LogP contribution in [0.25, 0.3) is 23.1 Å². The minimum absolute atomic E-state index is 0.0454. The number of hydrogen-bond donors (Lipinski definition) is 1. The Balaban J connectivity index is 2.05. The summed E-state index contributed by atoms with van der Waals surface area (Å²) in [6.45, 7) is 3.80. The number of aryl methyl sites for hydroxylation is 2. The number of phenolic OH excluding ortho intramolecular Hbond substituents is 1. The molecule has 0 amide bonds. The molecule has 1 aromatic heterocycles. The molecule has 2 aromatic carbocycles. The van der Waals surface area contributed by atoms with Crippen molar-refractivity contribution in [2.75, 3.05) is 0 Å². The van der Waals surface area contributed by atoms with Gasteiger partial charge in [0.1, 0.15) is 11.3 Å². The molecule has 0 atom stereocenters. The fourth-order valence-corrected chi connectivity index (χ4v) is 2.69. The van der Waals surface area contributed by atoms with E-state index in [0.717, 1.165) is 16.5 Å². The van der Waals surface area contributed by atoms with Crippen LogP contribution in [0.3, 0.4) is 0 Å². The molecule has 0 unspecified atom stereocenters. The lowest BCUT2D eigenvalue weighted by atomic mass is 10.0. The number of nitro benzene ring substituents is 1. The Hall–Kier alpha value is -3.21. The number of nitro groups is 1. The zero-order chi connectivity index (χ0) is 17.3. The number of aromatic hydroxyl groups is 1. The van der Waals surface area contributed by atoms with E-state index in [-0.39, 0.29) is 11.4 Å². The molecular weight excluding hydrogens is 304 g/mol. The minimum Gasteiger partial charge on any atom is -0.505 e. The molecule has 1 N–H and O–H groups in total. The number of phenols is 1. The Kier molecular flexibility index (Phi) is 4.00. The summed E-state index contributed by atoms with van der Waals surface area (Å²) in [5, 5.41) is 22.2. The summed E-state index contributed by atoms with van der Waals surface area (Å²) in [7, 11) is 0. The molecular formula is C19H16N2O3. The Labute approximate surface area is 139 Å². The number of fused-ring (bicyclic) bond motifs is 1. The zero-order valence-corrected chi connectivity index (χ0v) is 13.4. The second-order valence-electron chi connectivity index (χ2n) is 5.64. The summed E-state index contributed by atoms with van der Waals surface area (Å²) >= 11 is 0. The van der Waals surface area contributed by atoms with Crippen LogP contribution in [0.2, 0.25) is 0 Å². The highest BCUT2D eigenvalue weighted by atomic mass is 16.6. The molecule has 3 rings (SSSR count). The quantitative estimate of drug-likeness (QED) is 0.563. The Morgan fingerprint density at radius 2 is 1.83 bits per heavy atom. The molecule has 0 radical (unpaired) electrons. The lowest BCUT2D eigenvalue weighted by Gasteiger charge is -2.08. The van der Waals surface area contributed by atoms with Crippen molar-refractivity contribution in [3.05, 3.63) is 75.0 Å². The molecule has 5 nitrogen and oxygen atoms in total. The lowest BCUT2D eigenvalue weighted by molar-refractivity contribution is -0.385. The van der Waals surface area contributed by atoms with Crippen LogP contribution < -0.4 is 0 Å².